The monoisotopic (exact) mass is 272 g/mol. The molecule has 0 amide bonds. The lowest BCUT2D eigenvalue weighted by molar-refractivity contribution is 0.0141. The van der Waals surface area contributed by atoms with Gasteiger partial charge in [0, 0.05) is 19.7 Å². The molecular weight excluding hydrogens is 252 g/mol. The van der Waals surface area contributed by atoms with Gasteiger partial charge in [-0.1, -0.05) is 18.2 Å². The summed E-state index contributed by atoms with van der Waals surface area (Å²) in [5.74, 6) is 0.0461. The summed E-state index contributed by atoms with van der Waals surface area (Å²) >= 11 is 0. The van der Waals surface area contributed by atoms with Crippen LogP contribution in [0.1, 0.15) is 37.2 Å². The van der Waals surface area contributed by atoms with E-state index in [0.29, 0.717) is 18.5 Å². The number of rotatable bonds is 6. The normalized spacial score (nSPS) is 11.6. The van der Waals surface area contributed by atoms with Crippen LogP contribution in [0.3, 0.4) is 0 Å². The van der Waals surface area contributed by atoms with Crippen LogP contribution in [0.15, 0.2) is 42.6 Å². The van der Waals surface area contributed by atoms with E-state index in [1.165, 1.54) is 0 Å². The zero-order valence-electron chi connectivity index (χ0n) is 12.2. The predicted octanol–water partition coefficient (Wildman–Crippen LogP) is 3.26. The Morgan fingerprint density at radius 1 is 1.25 bits per heavy atom. The molecule has 1 heterocycles. The first kappa shape index (κ1) is 14.5. The Labute approximate surface area is 119 Å². The maximum absolute atomic E-state index is 12.1. The molecule has 4 nitrogen and oxygen atoms in total. The summed E-state index contributed by atoms with van der Waals surface area (Å²) in [4.78, 5) is 12.1. The summed E-state index contributed by atoms with van der Waals surface area (Å²) in [6, 6.07) is 11.5. The number of ether oxygens (including phenoxy) is 1. The van der Waals surface area contributed by atoms with Crippen LogP contribution in [0.4, 0.5) is 0 Å². The highest BCUT2D eigenvalue weighted by molar-refractivity contribution is 5.94. The molecule has 0 aliphatic heterocycles. The number of methoxy groups -OCH3 is 1. The summed E-state index contributed by atoms with van der Waals surface area (Å²) in [5, 5.41) is 4.33. The number of nitrogens with zero attached hydrogens (tertiary/aromatic N) is 2. The van der Waals surface area contributed by atoms with Crippen molar-refractivity contribution in [3.8, 4) is 5.69 Å². The Bertz CT molecular complexity index is 573. The molecule has 106 valence electrons. The van der Waals surface area contributed by atoms with Crippen LogP contribution < -0.4 is 0 Å². The Kier molecular flexibility index (Phi) is 4.35. The number of carbonyl (C=O) groups excluding carboxylic acids is 1. The van der Waals surface area contributed by atoms with E-state index in [1.807, 2.05) is 50.4 Å². The fourth-order valence-corrected chi connectivity index (χ4v) is 1.84. The second-order valence-corrected chi connectivity index (χ2v) is 5.37. The number of hydrogen-bond acceptors (Lipinski definition) is 3. The van der Waals surface area contributed by atoms with E-state index in [0.717, 1.165) is 5.69 Å². The van der Waals surface area contributed by atoms with Crippen LogP contribution >= 0.6 is 0 Å². The average Bonchev–Trinajstić information content (AvgIpc) is 2.96. The van der Waals surface area contributed by atoms with E-state index in [2.05, 4.69) is 5.10 Å². The molecule has 20 heavy (non-hydrogen) atoms. The first-order valence-corrected chi connectivity index (χ1v) is 6.71. The molecule has 0 unspecified atom stereocenters. The zero-order chi connectivity index (χ0) is 14.6. The topological polar surface area (TPSA) is 44.1 Å². The number of benzene rings is 1. The molecule has 0 saturated carbocycles. The van der Waals surface area contributed by atoms with Crippen LogP contribution in [0.25, 0.3) is 5.69 Å². The number of hydrogen-bond donors (Lipinski definition) is 0. The molecule has 0 atom stereocenters. The number of para-hydroxylation sites is 1. The quantitative estimate of drug-likeness (QED) is 0.758. The second-order valence-electron chi connectivity index (χ2n) is 5.37. The van der Waals surface area contributed by atoms with Crippen LogP contribution in [-0.2, 0) is 4.74 Å². The Balaban J connectivity index is 2.04. The molecule has 4 heteroatoms. The highest BCUT2D eigenvalue weighted by atomic mass is 16.5. The lowest BCUT2D eigenvalue weighted by Gasteiger charge is -2.21. The van der Waals surface area contributed by atoms with E-state index in [4.69, 9.17) is 4.74 Å². The lowest BCUT2D eigenvalue weighted by Crippen LogP contribution is -2.23. The predicted molar refractivity (Wildman–Crippen MR) is 78.2 cm³/mol. The summed E-state index contributed by atoms with van der Waals surface area (Å²) in [5.41, 5.74) is 1.17. The number of carbonyl (C=O) groups is 1. The van der Waals surface area contributed by atoms with Crippen LogP contribution in [-0.4, -0.2) is 28.3 Å². The van der Waals surface area contributed by atoms with Gasteiger partial charge in [0.2, 0.25) is 0 Å². The smallest absolute Gasteiger partial charge is 0.183 e. The second kappa shape index (κ2) is 6.01. The molecule has 0 radical (unpaired) electrons. The molecule has 0 fully saturated rings. The van der Waals surface area contributed by atoms with Crippen molar-refractivity contribution in [1.29, 1.82) is 0 Å². The molecule has 2 rings (SSSR count). The van der Waals surface area contributed by atoms with Gasteiger partial charge < -0.3 is 4.74 Å². The van der Waals surface area contributed by atoms with E-state index >= 15 is 0 Å². The van der Waals surface area contributed by atoms with Gasteiger partial charge in [-0.15, -0.1) is 0 Å². The van der Waals surface area contributed by atoms with Gasteiger partial charge in [-0.2, -0.15) is 5.10 Å². The summed E-state index contributed by atoms with van der Waals surface area (Å²) in [7, 11) is 1.66. The van der Waals surface area contributed by atoms with Crippen molar-refractivity contribution in [3.05, 3.63) is 48.3 Å². The Morgan fingerprint density at radius 2 is 1.95 bits per heavy atom. The van der Waals surface area contributed by atoms with Gasteiger partial charge >= 0.3 is 0 Å². The van der Waals surface area contributed by atoms with Gasteiger partial charge in [-0.25, -0.2) is 4.68 Å². The minimum absolute atomic E-state index is 0.0461. The Hall–Kier alpha value is -1.94. The van der Waals surface area contributed by atoms with Gasteiger partial charge in [0.1, 0.15) is 5.69 Å². The van der Waals surface area contributed by atoms with Crippen LogP contribution in [0, 0.1) is 0 Å². The van der Waals surface area contributed by atoms with Gasteiger partial charge in [-0.3, -0.25) is 4.79 Å². The molecule has 2 aromatic rings. The van der Waals surface area contributed by atoms with Crippen molar-refractivity contribution in [2.24, 2.45) is 0 Å². The molecule has 0 bridgehead atoms. The summed E-state index contributed by atoms with van der Waals surface area (Å²) in [6.07, 6.45) is 2.93. The highest BCUT2D eigenvalue weighted by Crippen LogP contribution is 2.17. The fourth-order valence-electron chi connectivity index (χ4n) is 1.84. The summed E-state index contributed by atoms with van der Waals surface area (Å²) < 4.78 is 7.04. The van der Waals surface area contributed by atoms with Gasteiger partial charge in [0.15, 0.2) is 5.78 Å². The number of ketones is 1. The van der Waals surface area contributed by atoms with Crippen LogP contribution in [0.2, 0.25) is 0 Å². The summed E-state index contributed by atoms with van der Waals surface area (Å²) in [6.45, 7) is 3.95. The third-order valence-corrected chi connectivity index (χ3v) is 3.40. The first-order chi connectivity index (χ1) is 9.52. The third-order valence-electron chi connectivity index (χ3n) is 3.40. The van der Waals surface area contributed by atoms with Crippen molar-refractivity contribution in [3.63, 3.8) is 0 Å². The largest absolute Gasteiger partial charge is 0.379 e. The zero-order valence-corrected chi connectivity index (χ0v) is 12.2. The van der Waals surface area contributed by atoms with E-state index in [-0.39, 0.29) is 11.4 Å². The van der Waals surface area contributed by atoms with E-state index < -0.39 is 0 Å². The fraction of sp³-hybridized carbons (Fsp3) is 0.375. The molecular formula is C16H20N2O2. The van der Waals surface area contributed by atoms with Gasteiger partial charge in [0.05, 0.1) is 11.3 Å². The van der Waals surface area contributed by atoms with Crippen molar-refractivity contribution in [2.45, 2.75) is 32.3 Å². The molecule has 0 aliphatic rings. The van der Waals surface area contributed by atoms with Crippen molar-refractivity contribution < 1.29 is 9.53 Å². The Morgan fingerprint density at radius 3 is 2.60 bits per heavy atom. The maximum Gasteiger partial charge on any atom is 0.183 e. The SMILES string of the molecule is COC(C)(C)CCC(=O)c1ccn(-c2ccccc2)n1. The number of aromatic nitrogens is 2. The molecule has 0 saturated heterocycles. The maximum atomic E-state index is 12.1. The third kappa shape index (κ3) is 3.54. The van der Waals surface area contributed by atoms with E-state index in [1.54, 1.807) is 17.9 Å². The van der Waals surface area contributed by atoms with Gasteiger partial charge in [-0.05, 0) is 38.5 Å². The lowest BCUT2D eigenvalue weighted by atomic mass is 10.00. The van der Waals surface area contributed by atoms with Crippen molar-refractivity contribution in [2.75, 3.05) is 7.11 Å². The molecule has 1 aromatic heterocycles. The van der Waals surface area contributed by atoms with Crippen LogP contribution in [0.5, 0.6) is 0 Å². The first-order valence-electron chi connectivity index (χ1n) is 6.71. The molecule has 0 spiro atoms. The van der Waals surface area contributed by atoms with Crippen molar-refractivity contribution >= 4 is 5.78 Å². The number of Topliss-reactive ketones (excluding diaryl/α,β-unsaturated/α-hetero) is 1. The highest BCUT2D eigenvalue weighted by Gasteiger charge is 2.19. The minimum Gasteiger partial charge on any atom is -0.379 e. The molecule has 1 aromatic carbocycles. The van der Waals surface area contributed by atoms with Gasteiger partial charge in [0.25, 0.3) is 0 Å². The van der Waals surface area contributed by atoms with E-state index in [9.17, 15) is 4.79 Å². The molecule has 0 aliphatic carbocycles. The molecule has 0 N–H and O–H groups in total. The standard InChI is InChI=1S/C16H20N2O2/c1-16(2,20-3)11-9-15(19)14-10-12-18(17-14)13-7-5-4-6-8-13/h4-8,10,12H,9,11H2,1-3H3. The average molecular weight is 272 g/mol. The minimum atomic E-state index is -0.280. The van der Waals surface area contributed by atoms with Crippen molar-refractivity contribution in [1.82, 2.24) is 9.78 Å².